The third-order valence-electron chi connectivity index (χ3n) is 2.76. The lowest BCUT2D eigenvalue weighted by molar-refractivity contribution is 0.629. The number of hydrogen-bond donors (Lipinski definition) is 1. The fourth-order valence-corrected chi connectivity index (χ4v) is 2.16. The van der Waals surface area contributed by atoms with Gasteiger partial charge in [0.05, 0.1) is 5.56 Å². The highest BCUT2D eigenvalue weighted by Gasteiger charge is 2.14. The molecule has 3 rings (SSSR count). The van der Waals surface area contributed by atoms with Gasteiger partial charge in [-0.15, -0.1) is 5.10 Å². The first-order valence-corrected chi connectivity index (χ1v) is 7.02. The molecule has 20 heavy (non-hydrogen) atoms. The van der Waals surface area contributed by atoms with Crippen molar-refractivity contribution in [1.82, 2.24) is 24.6 Å². The number of hydrogen-bond acceptors (Lipinski definition) is 6. The first-order valence-electron chi connectivity index (χ1n) is 5.79. The van der Waals surface area contributed by atoms with Crippen LogP contribution in [-0.2, 0) is 0 Å². The molecule has 3 aromatic rings. The van der Waals surface area contributed by atoms with E-state index in [1.54, 1.807) is 12.1 Å². The average Bonchev–Trinajstić information content (AvgIpc) is 2.85. The smallest absolute Gasteiger partial charge is 0.258 e. The largest absolute Gasteiger partial charge is 0.368 e. The second-order valence-corrected chi connectivity index (χ2v) is 4.97. The molecule has 0 saturated heterocycles. The van der Waals surface area contributed by atoms with E-state index in [-0.39, 0.29) is 17.6 Å². The van der Waals surface area contributed by atoms with E-state index in [1.807, 2.05) is 13.2 Å². The molecule has 0 spiro atoms. The Morgan fingerprint density at radius 2 is 2.05 bits per heavy atom. The summed E-state index contributed by atoms with van der Waals surface area (Å²) in [5.74, 6) is 0.331. The highest BCUT2D eigenvalue weighted by Crippen LogP contribution is 2.22. The molecular weight excluding hydrogens is 279 g/mol. The maximum Gasteiger partial charge on any atom is 0.258 e. The van der Waals surface area contributed by atoms with Crippen LogP contribution in [0, 0.1) is 12.7 Å². The molecule has 0 atom stereocenters. The molecular formula is C12H11FN6S. The van der Waals surface area contributed by atoms with Crippen molar-refractivity contribution in [2.45, 2.75) is 12.1 Å². The fraction of sp³-hybridized carbons (Fsp3) is 0.167. The number of fused-ring (bicyclic) bond motifs is 1. The predicted octanol–water partition coefficient (Wildman–Crippen LogP) is 1.94. The quantitative estimate of drug-likeness (QED) is 0.726. The van der Waals surface area contributed by atoms with Crippen molar-refractivity contribution >= 4 is 23.5 Å². The van der Waals surface area contributed by atoms with Crippen LogP contribution in [0.3, 0.4) is 0 Å². The van der Waals surface area contributed by atoms with Crippen LogP contribution < -0.4 is 5.73 Å². The number of rotatable bonds is 2. The summed E-state index contributed by atoms with van der Waals surface area (Å²) >= 11 is 1.35. The monoisotopic (exact) mass is 290 g/mol. The Hall–Kier alpha value is -2.22. The standard InChI is InChI=1S/C12H11FN6S/c1-6-3-4-8(13)7(5-6)9-15-11-17-12(20-2)16-10(14)19(11)18-9/h3-5H,1-2H3,(H2,14,15,16,17,18). The predicted molar refractivity (Wildman–Crippen MR) is 74.9 cm³/mol. The van der Waals surface area contributed by atoms with Crippen LogP contribution in [0.25, 0.3) is 17.2 Å². The summed E-state index contributed by atoms with van der Waals surface area (Å²) < 4.78 is 15.2. The number of halogens is 1. The maximum atomic E-state index is 13.9. The number of aryl methyl sites for hydroxylation is 1. The van der Waals surface area contributed by atoms with Crippen molar-refractivity contribution in [1.29, 1.82) is 0 Å². The second kappa shape index (κ2) is 4.71. The Morgan fingerprint density at radius 3 is 2.80 bits per heavy atom. The normalized spacial score (nSPS) is 11.2. The average molecular weight is 290 g/mol. The third kappa shape index (κ3) is 2.07. The Morgan fingerprint density at radius 1 is 1.25 bits per heavy atom. The molecule has 0 unspecified atom stereocenters. The van der Waals surface area contributed by atoms with Gasteiger partial charge in [-0.1, -0.05) is 23.4 Å². The molecule has 0 amide bonds. The van der Waals surface area contributed by atoms with Crippen LogP contribution in [0.2, 0.25) is 0 Å². The minimum absolute atomic E-state index is 0.172. The van der Waals surface area contributed by atoms with Gasteiger partial charge in [0, 0.05) is 0 Å². The Balaban J connectivity index is 2.22. The summed E-state index contributed by atoms with van der Waals surface area (Å²) in [6.07, 6.45) is 1.84. The van der Waals surface area contributed by atoms with Crippen LogP contribution >= 0.6 is 11.8 Å². The topological polar surface area (TPSA) is 82.0 Å². The van der Waals surface area contributed by atoms with E-state index in [0.717, 1.165) is 5.56 Å². The van der Waals surface area contributed by atoms with E-state index < -0.39 is 0 Å². The van der Waals surface area contributed by atoms with Gasteiger partial charge in [0.2, 0.25) is 5.95 Å². The molecule has 8 heteroatoms. The lowest BCUT2D eigenvalue weighted by Gasteiger charge is -1.99. The van der Waals surface area contributed by atoms with Gasteiger partial charge in [-0.3, -0.25) is 0 Å². The molecule has 2 aromatic heterocycles. The molecule has 0 radical (unpaired) electrons. The summed E-state index contributed by atoms with van der Waals surface area (Å²) in [7, 11) is 0. The molecule has 102 valence electrons. The SMILES string of the molecule is CSc1nc(N)n2nc(-c3cc(C)ccc3F)nc2n1. The zero-order chi connectivity index (χ0) is 14.3. The molecule has 1 aromatic carbocycles. The van der Waals surface area contributed by atoms with E-state index in [9.17, 15) is 4.39 Å². The van der Waals surface area contributed by atoms with E-state index >= 15 is 0 Å². The van der Waals surface area contributed by atoms with Crippen molar-refractivity contribution in [2.75, 3.05) is 12.0 Å². The van der Waals surface area contributed by atoms with Crippen molar-refractivity contribution in [3.05, 3.63) is 29.6 Å². The molecule has 0 aliphatic heterocycles. The van der Waals surface area contributed by atoms with Gasteiger partial charge in [-0.2, -0.15) is 19.5 Å². The van der Waals surface area contributed by atoms with Crippen LogP contribution in [0.15, 0.2) is 23.4 Å². The third-order valence-corrected chi connectivity index (χ3v) is 3.31. The molecule has 0 bridgehead atoms. The lowest BCUT2D eigenvalue weighted by atomic mass is 10.1. The highest BCUT2D eigenvalue weighted by atomic mass is 32.2. The fourth-order valence-electron chi connectivity index (χ4n) is 1.80. The first kappa shape index (κ1) is 12.8. The summed E-state index contributed by atoms with van der Waals surface area (Å²) in [6, 6.07) is 4.76. The number of benzene rings is 1. The first-order chi connectivity index (χ1) is 9.58. The van der Waals surface area contributed by atoms with E-state index in [2.05, 4.69) is 20.1 Å². The number of nitrogens with two attached hydrogens (primary N) is 1. The number of nitrogens with zero attached hydrogens (tertiary/aromatic N) is 5. The number of nitrogen functional groups attached to an aromatic ring is 1. The Kier molecular flexibility index (Phi) is 3.01. The number of aromatic nitrogens is 5. The van der Waals surface area contributed by atoms with Crippen molar-refractivity contribution in [3.8, 4) is 11.4 Å². The maximum absolute atomic E-state index is 13.9. The minimum Gasteiger partial charge on any atom is -0.368 e. The van der Waals surface area contributed by atoms with Gasteiger partial charge in [-0.25, -0.2) is 4.39 Å². The van der Waals surface area contributed by atoms with Crippen LogP contribution in [0.4, 0.5) is 10.3 Å². The summed E-state index contributed by atoms with van der Waals surface area (Å²) in [5, 5.41) is 4.66. The molecule has 2 N–H and O–H groups in total. The summed E-state index contributed by atoms with van der Waals surface area (Å²) in [6.45, 7) is 1.87. The Bertz CT molecular complexity index is 800. The van der Waals surface area contributed by atoms with E-state index in [0.29, 0.717) is 16.5 Å². The van der Waals surface area contributed by atoms with Gasteiger partial charge in [-0.05, 0) is 25.3 Å². The van der Waals surface area contributed by atoms with Crippen molar-refractivity contribution < 1.29 is 4.39 Å². The number of thioether (sulfide) groups is 1. The summed E-state index contributed by atoms with van der Waals surface area (Å²) in [5.41, 5.74) is 7.03. The zero-order valence-corrected chi connectivity index (χ0v) is 11.6. The van der Waals surface area contributed by atoms with Crippen molar-refractivity contribution in [2.24, 2.45) is 0 Å². The molecule has 0 fully saturated rings. The van der Waals surface area contributed by atoms with Gasteiger partial charge < -0.3 is 5.73 Å². The van der Waals surface area contributed by atoms with Gasteiger partial charge in [0.15, 0.2) is 11.0 Å². The molecule has 6 nitrogen and oxygen atoms in total. The molecule has 0 aliphatic carbocycles. The highest BCUT2D eigenvalue weighted by molar-refractivity contribution is 7.98. The molecule has 0 saturated carbocycles. The van der Waals surface area contributed by atoms with E-state index in [4.69, 9.17) is 5.73 Å². The second-order valence-electron chi connectivity index (χ2n) is 4.20. The van der Waals surface area contributed by atoms with Gasteiger partial charge >= 0.3 is 0 Å². The van der Waals surface area contributed by atoms with Gasteiger partial charge in [0.25, 0.3) is 5.78 Å². The minimum atomic E-state index is -0.386. The van der Waals surface area contributed by atoms with Crippen molar-refractivity contribution in [3.63, 3.8) is 0 Å². The molecule has 2 heterocycles. The van der Waals surface area contributed by atoms with E-state index in [1.165, 1.54) is 22.3 Å². The molecule has 0 aliphatic rings. The van der Waals surface area contributed by atoms with Crippen LogP contribution in [-0.4, -0.2) is 30.8 Å². The Labute approximate surface area is 118 Å². The summed E-state index contributed by atoms with van der Waals surface area (Å²) in [4.78, 5) is 12.5. The number of anilines is 1. The van der Waals surface area contributed by atoms with Crippen LogP contribution in [0.1, 0.15) is 5.56 Å². The zero-order valence-electron chi connectivity index (χ0n) is 10.8. The van der Waals surface area contributed by atoms with Crippen LogP contribution in [0.5, 0.6) is 0 Å². The lowest BCUT2D eigenvalue weighted by Crippen LogP contribution is -2.04. The van der Waals surface area contributed by atoms with Gasteiger partial charge in [0.1, 0.15) is 5.82 Å².